The fourth-order valence-corrected chi connectivity index (χ4v) is 3.92. The molecule has 0 spiro atoms. The van der Waals surface area contributed by atoms with Gasteiger partial charge in [0.1, 0.15) is 0 Å². The highest BCUT2D eigenvalue weighted by molar-refractivity contribution is 4.92. The number of hydrogen-bond donors (Lipinski definition) is 0. The lowest BCUT2D eigenvalue weighted by atomic mass is 9.69. The van der Waals surface area contributed by atoms with Gasteiger partial charge in [0.05, 0.1) is 6.67 Å². The molecule has 0 bridgehead atoms. The quantitative estimate of drug-likeness (QED) is 0.577. The summed E-state index contributed by atoms with van der Waals surface area (Å²) in [5.74, 6) is 3.75. The van der Waals surface area contributed by atoms with Crippen molar-refractivity contribution >= 4 is 0 Å². The summed E-state index contributed by atoms with van der Waals surface area (Å²) in [6, 6.07) is 0. The highest BCUT2D eigenvalue weighted by Crippen LogP contribution is 2.41. The van der Waals surface area contributed by atoms with Gasteiger partial charge >= 0.3 is 0 Å². The van der Waals surface area contributed by atoms with E-state index < -0.39 is 0 Å². The average molecular weight is 252 g/mol. The first-order valence-electron chi connectivity index (χ1n) is 8.02. The third kappa shape index (κ3) is 4.10. The van der Waals surface area contributed by atoms with Gasteiger partial charge in [-0.3, -0.25) is 4.39 Å². The summed E-state index contributed by atoms with van der Waals surface area (Å²) in [5, 5.41) is 0. The molecule has 18 heavy (non-hydrogen) atoms. The number of hydrogen-bond acceptors (Lipinski definition) is 0. The molecule has 0 N–H and O–H groups in total. The van der Waals surface area contributed by atoms with E-state index in [-0.39, 0.29) is 6.67 Å². The van der Waals surface area contributed by atoms with E-state index in [0.717, 1.165) is 23.7 Å². The molecule has 104 valence electrons. The second-order valence-corrected chi connectivity index (χ2v) is 6.60. The number of allylic oxidation sites excluding steroid dienone is 2. The van der Waals surface area contributed by atoms with Crippen molar-refractivity contribution in [3.8, 4) is 0 Å². The van der Waals surface area contributed by atoms with Crippen LogP contribution in [0.15, 0.2) is 12.2 Å². The molecule has 0 aromatic rings. The fraction of sp³-hybridized carbons (Fsp3) is 0.882. The van der Waals surface area contributed by atoms with Crippen LogP contribution in [-0.2, 0) is 0 Å². The van der Waals surface area contributed by atoms with Gasteiger partial charge in [-0.25, -0.2) is 0 Å². The molecule has 2 saturated carbocycles. The molecule has 0 radical (unpaired) electrons. The van der Waals surface area contributed by atoms with Gasteiger partial charge in [0.2, 0.25) is 0 Å². The highest BCUT2D eigenvalue weighted by atomic mass is 19.1. The lowest BCUT2D eigenvalue weighted by Crippen LogP contribution is -2.24. The van der Waals surface area contributed by atoms with Crippen LogP contribution in [0.2, 0.25) is 0 Å². The van der Waals surface area contributed by atoms with E-state index in [0.29, 0.717) is 6.42 Å². The van der Waals surface area contributed by atoms with Crippen LogP contribution in [0.1, 0.15) is 64.7 Å². The maximum atomic E-state index is 12.0. The zero-order valence-electron chi connectivity index (χ0n) is 11.9. The molecule has 0 aromatic carbocycles. The summed E-state index contributed by atoms with van der Waals surface area (Å²) in [6.45, 7) is 2.20. The maximum absolute atomic E-state index is 12.0. The maximum Gasteiger partial charge on any atom is 0.0928 e. The number of alkyl halides is 1. The Bertz CT molecular complexity index is 242. The summed E-state index contributed by atoms with van der Waals surface area (Å²) in [6.07, 6.45) is 16.4. The van der Waals surface area contributed by atoms with Crippen molar-refractivity contribution < 1.29 is 4.39 Å². The van der Waals surface area contributed by atoms with E-state index in [2.05, 4.69) is 13.0 Å². The van der Waals surface area contributed by atoms with Crippen LogP contribution in [-0.4, -0.2) is 6.67 Å². The van der Waals surface area contributed by atoms with Crippen LogP contribution in [0.5, 0.6) is 0 Å². The molecule has 2 aliphatic carbocycles. The number of rotatable bonds is 4. The second-order valence-electron chi connectivity index (χ2n) is 6.60. The molecular formula is C17H29F. The fourth-order valence-electron chi connectivity index (χ4n) is 3.92. The van der Waals surface area contributed by atoms with E-state index in [9.17, 15) is 4.39 Å². The number of halogens is 1. The average Bonchev–Trinajstić information content (AvgIpc) is 2.41. The third-order valence-electron chi connectivity index (χ3n) is 5.23. The first-order valence-corrected chi connectivity index (χ1v) is 8.02. The SMILES string of the molecule is CC1CCC([C@H]2CC[C@H](/C=C/CCF)CC2)CC1. The van der Waals surface area contributed by atoms with Crippen molar-refractivity contribution in [2.45, 2.75) is 64.7 Å². The summed E-state index contributed by atoms with van der Waals surface area (Å²) >= 11 is 0. The van der Waals surface area contributed by atoms with Gasteiger partial charge in [-0.1, -0.05) is 31.9 Å². The van der Waals surface area contributed by atoms with Crippen molar-refractivity contribution in [2.24, 2.45) is 23.7 Å². The van der Waals surface area contributed by atoms with Gasteiger partial charge in [0.15, 0.2) is 0 Å². The summed E-state index contributed by atoms with van der Waals surface area (Å²) in [7, 11) is 0. The zero-order chi connectivity index (χ0) is 12.8. The molecule has 0 heterocycles. The van der Waals surface area contributed by atoms with Crippen LogP contribution in [0.4, 0.5) is 4.39 Å². The van der Waals surface area contributed by atoms with Gasteiger partial charge in [-0.15, -0.1) is 0 Å². The zero-order valence-corrected chi connectivity index (χ0v) is 11.9. The van der Waals surface area contributed by atoms with E-state index in [1.807, 2.05) is 6.08 Å². The molecule has 1 heteroatoms. The van der Waals surface area contributed by atoms with E-state index in [4.69, 9.17) is 0 Å². The smallest absolute Gasteiger partial charge is 0.0928 e. The first-order chi connectivity index (χ1) is 8.79. The minimum atomic E-state index is -0.202. The molecule has 2 aliphatic rings. The molecule has 2 fully saturated rings. The van der Waals surface area contributed by atoms with E-state index in [1.54, 1.807) is 0 Å². The Morgan fingerprint density at radius 3 is 2.00 bits per heavy atom. The molecular weight excluding hydrogens is 223 g/mol. The van der Waals surface area contributed by atoms with Crippen molar-refractivity contribution in [3.63, 3.8) is 0 Å². The summed E-state index contributed by atoms with van der Waals surface area (Å²) in [5.41, 5.74) is 0. The van der Waals surface area contributed by atoms with Gasteiger partial charge in [0, 0.05) is 0 Å². The first kappa shape index (κ1) is 14.1. The van der Waals surface area contributed by atoms with Gasteiger partial charge in [-0.2, -0.15) is 0 Å². The Hall–Kier alpha value is -0.330. The van der Waals surface area contributed by atoms with Crippen LogP contribution in [0, 0.1) is 23.7 Å². The molecule has 2 rings (SSSR count). The van der Waals surface area contributed by atoms with Crippen molar-refractivity contribution in [1.82, 2.24) is 0 Å². The third-order valence-corrected chi connectivity index (χ3v) is 5.23. The second kappa shape index (κ2) is 7.31. The van der Waals surface area contributed by atoms with E-state index >= 15 is 0 Å². The lowest BCUT2D eigenvalue weighted by molar-refractivity contribution is 0.160. The predicted octanol–water partition coefficient (Wildman–Crippen LogP) is 5.53. The van der Waals surface area contributed by atoms with Crippen molar-refractivity contribution in [2.75, 3.05) is 6.67 Å². The molecule has 0 aromatic heterocycles. The van der Waals surface area contributed by atoms with Crippen LogP contribution < -0.4 is 0 Å². The van der Waals surface area contributed by atoms with Crippen LogP contribution >= 0.6 is 0 Å². The molecule has 0 unspecified atom stereocenters. The van der Waals surface area contributed by atoms with Gasteiger partial charge in [-0.05, 0) is 68.6 Å². The Morgan fingerprint density at radius 1 is 0.889 bits per heavy atom. The Balaban J connectivity index is 1.70. The molecule has 0 amide bonds. The largest absolute Gasteiger partial charge is 0.251 e. The van der Waals surface area contributed by atoms with Crippen molar-refractivity contribution in [3.05, 3.63) is 12.2 Å². The lowest BCUT2D eigenvalue weighted by Gasteiger charge is -2.36. The Morgan fingerprint density at radius 2 is 1.44 bits per heavy atom. The monoisotopic (exact) mass is 252 g/mol. The summed E-state index contributed by atoms with van der Waals surface area (Å²) < 4.78 is 12.0. The standard InChI is InChI=1S/C17H29F/c1-14-5-9-16(10-6-14)17-11-7-15(8-12-17)4-2-3-13-18/h2,4,14-17H,3,5-13H2,1H3/b4-2+/t14?,15-,16?,17-. The molecule has 0 nitrogen and oxygen atoms in total. The van der Waals surface area contributed by atoms with Gasteiger partial charge < -0.3 is 0 Å². The normalized spacial score (nSPS) is 38.1. The summed E-state index contributed by atoms with van der Waals surface area (Å²) in [4.78, 5) is 0. The van der Waals surface area contributed by atoms with Crippen LogP contribution in [0.25, 0.3) is 0 Å². The molecule has 0 saturated heterocycles. The topological polar surface area (TPSA) is 0 Å². The van der Waals surface area contributed by atoms with Gasteiger partial charge in [0.25, 0.3) is 0 Å². The highest BCUT2D eigenvalue weighted by Gasteiger charge is 2.29. The van der Waals surface area contributed by atoms with Crippen LogP contribution in [0.3, 0.4) is 0 Å². The van der Waals surface area contributed by atoms with E-state index in [1.165, 1.54) is 51.4 Å². The molecule has 0 aliphatic heterocycles. The minimum absolute atomic E-state index is 0.202. The van der Waals surface area contributed by atoms with Crippen molar-refractivity contribution in [1.29, 1.82) is 0 Å². The molecule has 0 atom stereocenters. The predicted molar refractivity (Wildman–Crippen MR) is 76.3 cm³/mol. The Kier molecular flexibility index (Phi) is 5.72. The Labute approximate surface area is 112 Å². The minimum Gasteiger partial charge on any atom is -0.251 e.